The van der Waals surface area contributed by atoms with Crippen LogP contribution in [0.1, 0.15) is 32.1 Å². The molecule has 0 aromatic rings. The van der Waals surface area contributed by atoms with Crippen LogP contribution in [-0.4, -0.2) is 42.2 Å². The molecule has 107 valence electrons. The molecule has 0 aromatic heterocycles. The molecule has 0 saturated heterocycles. The number of hydrogen-bond acceptors (Lipinski definition) is 4. The number of fused-ring (bicyclic) bond motifs is 1. The van der Waals surface area contributed by atoms with Crippen LogP contribution in [0.2, 0.25) is 6.32 Å². The highest BCUT2D eigenvalue weighted by atomic mass is 16.4. The van der Waals surface area contributed by atoms with Crippen molar-refractivity contribution >= 4 is 13.5 Å². The topological polar surface area (TPSA) is 95.6 Å². The zero-order chi connectivity index (χ0) is 14.0. The Bertz CT molecular complexity index is 342. The zero-order valence-corrected chi connectivity index (χ0v) is 11.5. The molecule has 1 radical (unpaired) electrons. The highest BCUT2D eigenvalue weighted by Gasteiger charge is 2.57. The molecule has 0 bridgehead atoms. The first kappa shape index (κ1) is 14.8. The molecule has 2 fully saturated rings. The molecule has 5 atom stereocenters. The lowest BCUT2D eigenvalue weighted by atomic mass is 9.77. The van der Waals surface area contributed by atoms with Gasteiger partial charge in [0, 0.05) is 6.04 Å². The van der Waals surface area contributed by atoms with Crippen molar-refractivity contribution in [1.82, 2.24) is 5.32 Å². The molecule has 5 nitrogen and oxygen atoms in total. The van der Waals surface area contributed by atoms with E-state index in [1.165, 1.54) is 0 Å². The number of nitrogens with one attached hydrogen (secondary N) is 1. The van der Waals surface area contributed by atoms with E-state index in [4.69, 9.17) is 10.8 Å². The zero-order valence-electron chi connectivity index (χ0n) is 11.5. The molecule has 0 unspecified atom stereocenters. The van der Waals surface area contributed by atoms with Crippen LogP contribution in [0.15, 0.2) is 0 Å². The third-order valence-electron chi connectivity index (χ3n) is 5.18. The van der Waals surface area contributed by atoms with E-state index in [0.717, 1.165) is 33.2 Å². The molecular weight excluding hydrogens is 243 g/mol. The Labute approximate surface area is 115 Å². The molecule has 2 aliphatic carbocycles. The van der Waals surface area contributed by atoms with Crippen LogP contribution in [0.4, 0.5) is 0 Å². The van der Waals surface area contributed by atoms with Crippen molar-refractivity contribution in [2.24, 2.45) is 23.5 Å². The van der Waals surface area contributed by atoms with Crippen LogP contribution in [-0.2, 0) is 4.79 Å². The van der Waals surface area contributed by atoms with Crippen molar-refractivity contribution in [1.29, 1.82) is 0 Å². The van der Waals surface area contributed by atoms with E-state index in [9.17, 15) is 9.90 Å². The second-order valence-corrected chi connectivity index (χ2v) is 6.15. The summed E-state index contributed by atoms with van der Waals surface area (Å²) < 4.78 is 0. The number of carboxylic acid groups (broad SMARTS) is 1. The van der Waals surface area contributed by atoms with Crippen LogP contribution in [0.5, 0.6) is 0 Å². The van der Waals surface area contributed by atoms with E-state index in [-0.39, 0.29) is 5.92 Å². The molecule has 0 heterocycles. The van der Waals surface area contributed by atoms with Crippen molar-refractivity contribution in [3.63, 3.8) is 0 Å². The quantitative estimate of drug-likeness (QED) is 0.407. The summed E-state index contributed by atoms with van der Waals surface area (Å²) in [5.41, 5.74) is 5.15. The van der Waals surface area contributed by atoms with Gasteiger partial charge in [0.1, 0.15) is 5.54 Å². The molecule has 0 aliphatic heterocycles. The first-order valence-electron chi connectivity index (χ1n) is 7.18. The fraction of sp³-hybridized carbons (Fsp3) is 0.923. The van der Waals surface area contributed by atoms with E-state index in [1.807, 2.05) is 7.05 Å². The smallest absolute Gasteiger partial charge is 0.323 e. The SMILES string of the molecule is CN[C@@H]1C[C@@H]2C[C@@](N)(C(=O)O)[C@@H](CCC[B]O)[C@@H]2C1. The number of rotatable bonds is 6. The van der Waals surface area contributed by atoms with Gasteiger partial charge in [-0.3, -0.25) is 4.79 Å². The largest absolute Gasteiger partial charge is 0.480 e. The van der Waals surface area contributed by atoms with E-state index in [2.05, 4.69) is 5.32 Å². The molecule has 2 rings (SSSR count). The number of aliphatic carboxylic acids is 1. The Morgan fingerprint density at radius 3 is 2.84 bits per heavy atom. The minimum atomic E-state index is -1.07. The second kappa shape index (κ2) is 5.81. The number of nitrogens with two attached hydrogens (primary N) is 1. The van der Waals surface area contributed by atoms with Crippen LogP contribution >= 0.6 is 0 Å². The monoisotopic (exact) mass is 267 g/mol. The van der Waals surface area contributed by atoms with Crippen molar-refractivity contribution in [2.45, 2.75) is 50.0 Å². The minimum absolute atomic E-state index is 0.0355. The van der Waals surface area contributed by atoms with Gasteiger partial charge in [-0.05, 0) is 50.5 Å². The van der Waals surface area contributed by atoms with Crippen LogP contribution in [0.3, 0.4) is 0 Å². The summed E-state index contributed by atoms with van der Waals surface area (Å²) in [6.07, 6.45) is 4.87. The normalized spacial score (nSPS) is 41.2. The summed E-state index contributed by atoms with van der Waals surface area (Å²) in [6.45, 7) is 0. The molecule has 6 heteroatoms. The minimum Gasteiger partial charge on any atom is -0.480 e. The third kappa shape index (κ3) is 2.66. The highest BCUT2D eigenvalue weighted by Crippen LogP contribution is 2.53. The van der Waals surface area contributed by atoms with E-state index < -0.39 is 11.5 Å². The van der Waals surface area contributed by atoms with Gasteiger partial charge in [0.15, 0.2) is 0 Å². The van der Waals surface area contributed by atoms with Crippen molar-refractivity contribution in [3.8, 4) is 0 Å². The van der Waals surface area contributed by atoms with Crippen molar-refractivity contribution in [2.75, 3.05) is 7.05 Å². The van der Waals surface area contributed by atoms with E-state index in [0.29, 0.717) is 30.6 Å². The predicted octanol–water partition coefficient (Wildman–Crippen LogP) is 0.213. The van der Waals surface area contributed by atoms with Crippen molar-refractivity contribution < 1.29 is 14.9 Å². The maximum absolute atomic E-state index is 11.6. The number of hydrogen-bond donors (Lipinski definition) is 4. The summed E-state index contributed by atoms with van der Waals surface area (Å²) >= 11 is 0. The average Bonchev–Trinajstić information content (AvgIpc) is 2.87. The second-order valence-electron chi connectivity index (χ2n) is 6.15. The van der Waals surface area contributed by atoms with Gasteiger partial charge in [-0.2, -0.15) is 0 Å². The summed E-state index contributed by atoms with van der Waals surface area (Å²) in [6, 6.07) is 0.500. The Balaban J connectivity index is 2.09. The molecule has 0 aromatic carbocycles. The fourth-order valence-electron chi connectivity index (χ4n) is 4.23. The summed E-state index contributed by atoms with van der Waals surface area (Å²) in [4.78, 5) is 11.6. The molecule has 2 aliphatic rings. The van der Waals surface area contributed by atoms with Gasteiger partial charge in [-0.15, -0.1) is 0 Å². The number of carboxylic acids is 1. The Morgan fingerprint density at radius 2 is 2.26 bits per heavy atom. The van der Waals surface area contributed by atoms with Gasteiger partial charge < -0.3 is 21.2 Å². The fourth-order valence-corrected chi connectivity index (χ4v) is 4.23. The molecule has 0 spiro atoms. The Kier molecular flexibility index (Phi) is 4.53. The van der Waals surface area contributed by atoms with Gasteiger partial charge >= 0.3 is 5.97 Å². The summed E-state index contributed by atoms with van der Waals surface area (Å²) in [7, 11) is 3.12. The lowest BCUT2D eigenvalue weighted by Crippen LogP contribution is -2.52. The Morgan fingerprint density at radius 1 is 1.53 bits per heavy atom. The molecule has 0 amide bonds. The van der Waals surface area contributed by atoms with Crippen LogP contribution in [0.25, 0.3) is 0 Å². The number of carbonyl (C=O) groups is 1. The van der Waals surface area contributed by atoms with Crippen LogP contribution < -0.4 is 11.1 Å². The lowest BCUT2D eigenvalue weighted by Gasteiger charge is -2.30. The molecule has 2 saturated carbocycles. The Hall–Kier alpha value is -0.585. The molecular formula is C13H24BN2O3. The molecule has 19 heavy (non-hydrogen) atoms. The van der Waals surface area contributed by atoms with E-state index in [1.54, 1.807) is 0 Å². The average molecular weight is 267 g/mol. The van der Waals surface area contributed by atoms with Crippen molar-refractivity contribution in [3.05, 3.63) is 0 Å². The summed E-state index contributed by atoms with van der Waals surface area (Å²) in [5.74, 6) is 0.0214. The standard InChI is InChI=1S/C13H24BN2O3/c1-16-9-5-8-7-13(15,12(17)18)11(10(8)6-9)3-2-4-14-19/h8-11,16,19H,2-7,15H2,1H3,(H,17,18)/t8-,9-,10-,11+,13+/m1/s1. The van der Waals surface area contributed by atoms with E-state index >= 15 is 0 Å². The maximum Gasteiger partial charge on any atom is 0.323 e. The third-order valence-corrected chi connectivity index (χ3v) is 5.18. The van der Waals surface area contributed by atoms with Gasteiger partial charge in [0.25, 0.3) is 7.48 Å². The first-order chi connectivity index (χ1) is 9.02. The molecule has 5 N–H and O–H groups in total. The van der Waals surface area contributed by atoms with Gasteiger partial charge in [0.2, 0.25) is 0 Å². The maximum atomic E-state index is 11.6. The van der Waals surface area contributed by atoms with Gasteiger partial charge in [-0.1, -0.05) is 12.7 Å². The summed E-state index contributed by atoms with van der Waals surface area (Å²) in [5, 5.41) is 21.5. The first-order valence-corrected chi connectivity index (χ1v) is 7.18. The van der Waals surface area contributed by atoms with Crippen LogP contribution in [0, 0.1) is 17.8 Å². The lowest BCUT2D eigenvalue weighted by molar-refractivity contribution is -0.145. The van der Waals surface area contributed by atoms with Gasteiger partial charge in [-0.25, -0.2) is 0 Å². The predicted molar refractivity (Wildman–Crippen MR) is 73.7 cm³/mol. The highest BCUT2D eigenvalue weighted by molar-refractivity contribution is 6.25. The van der Waals surface area contributed by atoms with Gasteiger partial charge in [0.05, 0.1) is 0 Å².